The van der Waals surface area contributed by atoms with Gasteiger partial charge in [-0.25, -0.2) is 9.18 Å². The Morgan fingerprint density at radius 2 is 2.00 bits per heavy atom. The van der Waals surface area contributed by atoms with Crippen molar-refractivity contribution in [1.82, 2.24) is 20.0 Å². The van der Waals surface area contributed by atoms with Gasteiger partial charge in [-0.1, -0.05) is 6.92 Å². The maximum atomic E-state index is 15.5. The van der Waals surface area contributed by atoms with Gasteiger partial charge in [-0.15, -0.1) is 0 Å². The molecule has 196 valence electrons. The van der Waals surface area contributed by atoms with Gasteiger partial charge in [-0.05, 0) is 81.4 Å². The zero-order valence-electron chi connectivity index (χ0n) is 21.5. The number of carbonyl (C=O) groups excluding carboxylic acids is 2. The number of benzene rings is 1. The zero-order valence-corrected chi connectivity index (χ0v) is 21.5. The molecule has 0 radical (unpaired) electrons. The Balaban J connectivity index is 1.29. The van der Waals surface area contributed by atoms with Gasteiger partial charge in [0.15, 0.2) is 5.82 Å². The highest BCUT2D eigenvalue weighted by Crippen LogP contribution is 2.41. The summed E-state index contributed by atoms with van der Waals surface area (Å²) in [6.45, 7) is 5.45. The van der Waals surface area contributed by atoms with Crippen LogP contribution in [0.4, 0.5) is 15.0 Å². The van der Waals surface area contributed by atoms with Gasteiger partial charge in [0.05, 0.1) is 11.1 Å². The number of halogens is 1. The molecule has 0 atom stereocenters. The van der Waals surface area contributed by atoms with Gasteiger partial charge < -0.3 is 9.64 Å². The summed E-state index contributed by atoms with van der Waals surface area (Å²) >= 11 is 0. The average molecular weight is 500 g/mol. The third-order valence-electron chi connectivity index (χ3n) is 8.63. The molecule has 1 saturated carbocycles. The van der Waals surface area contributed by atoms with Crippen molar-refractivity contribution in [1.29, 1.82) is 0 Å². The number of amides is 3. The van der Waals surface area contributed by atoms with Crippen molar-refractivity contribution in [3.05, 3.63) is 23.5 Å². The van der Waals surface area contributed by atoms with Crippen molar-refractivity contribution in [3.8, 4) is 0 Å². The van der Waals surface area contributed by atoms with E-state index in [4.69, 9.17) is 4.74 Å². The minimum Gasteiger partial charge on any atom is -0.375 e. The molecule has 0 unspecified atom stereocenters. The van der Waals surface area contributed by atoms with E-state index < -0.39 is 6.03 Å². The van der Waals surface area contributed by atoms with Crippen molar-refractivity contribution in [3.63, 3.8) is 0 Å². The minimum absolute atomic E-state index is 0.148. The fraction of sp³-hybridized carbons (Fsp3) is 0.667. The lowest BCUT2D eigenvalue weighted by Crippen LogP contribution is -2.48. The number of ether oxygens (including phenoxy) is 1. The SMILES string of the molecule is CCCN(C(=O)NC=O)c1nn(C)c2cc(C3CCC(N4CCC5(CCCO5)CC4)CC3)c(F)cc12. The monoisotopic (exact) mass is 499 g/mol. The number of nitrogens with zero attached hydrogens (tertiary/aromatic N) is 4. The van der Waals surface area contributed by atoms with E-state index in [-0.39, 0.29) is 17.3 Å². The van der Waals surface area contributed by atoms with E-state index in [1.807, 2.05) is 20.0 Å². The number of hydrogen-bond donors (Lipinski definition) is 1. The van der Waals surface area contributed by atoms with Gasteiger partial charge in [-0.3, -0.25) is 19.7 Å². The second-order valence-corrected chi connectivity index (χ2v) is 10.7. The van der Waals surface area contributed by atoms with Gasteiger partial charge in [0.2, 0.25) is 6.41 Å². The predicted octanol–water partition coefficient (Wildman–Crippen LogP) is 4.47. The largest absolute Gasteiger partial charge is 0.375 e. The van der Waals surface area contributed by atoms with Crippen molar-refractivity contribution >= 4 is 29.2 Å². The first-order chi connectivity index (χ1) is 17.4. The molecule has 2 aromatic rings. The molecule has 36 heavy (non-hydrogen) atoms. The maximum absolute atomic E-state index is 15.5. The van der Waals surface area contributed by atoms with E-state index in [1.165, 1.54) is 23.8 Å². The molecule has 3 amide bonds. The summed E-state index contributed by atoms with van der Waals surface area (Å²) in [7, 11) is 1.81. The molecular formula is C27H38FN5O3. The van der Waals surface area contributed by atoms with Gasteiger partial charge in [0.25, 0.3) is 0 Å². The predicted molar refractivity (Wildman–Crippen MR) is 137 cm³/mol. The van der Waals surface area contributed by atoms with Gasteiger partial charge in [-0.2, -0.15) is 5.10 Å². The number of hydrogen-bond acceptors (Lipinski definition) is 5. The highest BCUT2D eigenvalue weighted by atomic mass is 19.1. The lowest BCUT2D eigenvalue weighted by molar-refractivity contribution is -0.108. The van der Waals surface area contributed by atoms with Gasteiger partial charge in [0, 0.05) is 44.7 Å². The molecule has 5 rings (SSSR count). The minimum atomic E-state index is -0.558. The highest BCUT2D eigenvalue weighted by Gasteiger charge is 2.40. The summed E-state index contributed by atoms with van der Waals surface area (Å²) in [5, 5.41) is 7.29. The standard InChI is InChI=1S/C27H38FN5O3/c1-3-12-33(26(35)29-18-34)25-22-16-23(28)21(17-24(22)31(2)30-25)19-5-7-20(8-6-19)32-13-10-27(11-14-32)9-4-15-36-27/h16-20H,3-15H2,1-2H3,(H,29,34,35). The van der Waals surface area contributed by atoms with Crippen LogP contribution in [0, 0.1) is 5.82 Å². The normalized spacial score (nSPS) is 24.3. The number of rotatable bonds is 6. The summed E-state index contributed by atoms with van der Waals surface area (Å²) in [4.78, 5) is 27.3. The summed E-state index contributed by atoms with van der Waals surface area (Å²) < 4.78 is 23.3. The van der Waals surface area contributed by atoms with Gasteiger partial charge >= 0.3 is 6.03 Å². The Bertz CT molecular complexity index is 1090. The molecule has 1 aliphatic carbocycles. The van der Waals surface area contributed by atoms with Gasteiger partial charge in [0.1, 0.15) is 5.82 Å². The number of likely N-dealkylation sites (tertiary alicyclic amines) is 1. The van der Waals surface area contributed by atoms with Crippen molar-refractivity contribution in [2.75, 3.05) is 31.1 Å². The Morgan fingerprint density at radius 3 is 2.64 bits per heavy atom. The van der Waals surface area contributed by atoms with Crippen LogP contribution in [-0.4, -0.2) is 65.0 Å². The summed E-state index contributed by atoms with van der Waals surface area (Å²) in [6.07, 6.45) is 9.84. The van der Waals surface area contributed by atoms with E-state index in [0.29, 0.717) is 36.6 Å². The van der Waals surface area contributed by atoms with E-state index in [1.54, 1.807) is 4.68 Å². The Hall–Kier alpha value is -2.52. The van der Waals surface area contributed by atoms with Crippen LogP contribution in [0.5, 0.6) is 0 Å². The third-order valence-corrected chi connectivity index (χ3v) is 8.63. The number of piperidine rings is 1. The molecule has 9 heteroatoms. The third kappa shape index (κ3) is 4.75. The van der Waals surface area contributed by atoms with E-state index in [9.17, 15) is 9.59 Å². The number of carbonyl (C=O) groups is 2. The fourth-order valence-electron chi connectivity index (χ4n) is 6.64. The lowest BCUT2D eigenvalue weighted by atomic mass is 9.79. The molecule has 1 aromatic carbocycles. The summed E-state index contributed by atoms with van der Waals surface area (Å²) in [5.74, 6) is 0.311. The summed E-state index contributed by atoms with van der Waals surface area (Å²) in [6, 6.07) is 3.45. The van der Waals surface area contributed by atoms with Crippen LogP contribution in [0.15, 0.2) is 12.1 Å². The van der Waals surface area contributed by atoms with Crippen molar-refractivity contribution in [2.45, 2.75) is 82.3 Å². The number of fused-ring (bicyclic) bond motifs is 1. The molecule has 3 aliphatic rings. The topological polar surface area (TPSA) is 79.7 Å². The van der Waals surface area contributed by atoms with Crippen LogP contribution in [0.3, 0.4) is 0 Å². The second-order valence-electron chi connectivity index (χ2n) is 10.7. The Labute approximate surface area is 212 Å². The Morgan fingerprint density at radius 1 is 1.25 bits per heavy atom. The number of urea groups is 1. The number of anilines is 1. The first-order valence-electron chi connectivity index (χ1n) is 13.5. The van der Waals surface area contributed by atoms with E-state index >= 15 is 4.39 Å². The average Bonchev–Trinajstić information content (AvgIpc) is 3.47. The number of nitrogens with one attached hydrogen (secondary N) is 1. The van der Waals surface area contributed by atoms with E-state index in [0.717, 1.165) is 69.3 Å². The number of aryl methyl sites for hydroxylation is 1. The first-order valence-corrected chi connectivity index (χ1v) is 13.5. The smallest absolute Gasteiger partial charge is 0.329 e. The van der Waals surface area contributed by atoms with Crippen LogP contribution in [0.25, 0.3) is 10.9 Å². The van der Waals surface area contributed by atoms with Crippen molar-refractivity contribution < 1.29 is 18.7 Å². The van der Waals surface area contributed by atoms with Crippen molar-refractivity contribution in [2.24, 2.45) is 7.05 Å². The zero-order chi connectivity index (χ0) is 25.3. The molecular weight excluding hydrogens is 461 g/mol. The molecule has 0 bridgehead atoms. The molecule has 3 heterocycles. The van der Waals surface area contributed by atoms with Crippen LogP contribution < -0.4 is 10.2 Å². The molecule has 1 spiro atoms. The quantitative estimate of drug-likeness (QED) is 0.594. The molecule has 1 N–H and O–H groups in total. The van der Waals surface area contributed by atoms with Crippen LogP contribution in [-0.2, 0) is 16.6 Å². The van der Waals surface area contributed by atoms with Crippen LogP contribution >= 0.6 is 0 Å². The van der Waals surface area contributed by atoms with Crippen LogP contribution in [0.2, 0.25) is 0 Å². The van der Waals surface area contributed by atoms with E-state index in [2.05, 4.69) is 15.3 Å². The highest BCUT2D eigenvalue weighted by molar-refractivity contribution is 6.03. The second kappa shape index (κ2) is 10.5. The fourth-order valence-corrected chi connectivity index (χ4v) is 6.64. The number of aromatic nitrogens is 2. The number of imide groups is 1. The molecule has 8 nitrogen and oxygen atoms in total. The summed E-state index contributed by atoms with van der Waals surface area (Å²) in [5.41, 5.74) is 1.68. The molecule has 1 aromatic heterocycles. The molecule has 2 saturated heterocycles. The molecule has 3 fully saturated rings. The Kier molecular flexibility index (Phi) is 7.30. The lowest BCUT2D eigenvalue weighted by Gasteiger charge is -2.44. The van der Waals surface area contributed by atoms with Crippen LogP contribution in [0.1, 0.15) is 76.2 Å². The maximum Gasteiger partial charge on any atom is 0.329 e. The molecule has 2 aliphatic heterocycles. The first kappa shape index (κ1) is 25.1.